The second kappa shape index (κ2) is 6.39. The predicted molar refractivity (Wildman–Crippen MR) is 82.5 cm³/mol. The Morgan fingerprint density at radius 2 is 2.08 bits per heavy atom. The maximum absolute atomic E-state index is 12.7. The van der Waals surface area contributed by atoms with Gasteiger partial charge in [-0.25, -0.2) is 9.97 Å². The van der Waals surface area contributed by atoms with Crippen molar-refractivity contribution in [1.29, 1.82) is 0 Å². The zero-order valence-corrected chi connectivity index (χ0v) is 13.6. The van der Waals surface area contributed by atoms with Crippen LogP contribution in [-0.2, 0) is 25.7 Å². The van der Waals surface area contributed by atoms with E-state index >= 15 is 0 Å². The number of likely N-dealkylation sites (N-methyl/N-ethyl adjacent to an activating group) is 1. The van der Waals surface area contributed by atoms with Gasteiger partial charge in [-0.1, -0.05) is 0 Å². The van der Waals surface area contributed by atoms with E-state index < -0.39 is 11.9 Å². The first kappa shape index (κ1) is 16.7. The van der Waals surface area contributed by atoms with Crippen LogP contribution in [0.4, 0.5) is 19.0 Å². The van der Waals surface area contributed by atoms with Crippen LogP contribution in [0.15, 0.2) is 12.4 Å². The van der Waals surface area contributed by atoms with Crippen LogP contribution in [0.1, 0.15) is 22.6 Å². The molecule has 1 aliphatic heterocycles. The first-order valence-corrected chi connectivity index (χ1v) is 7.71. The zero-order valence-electron chi connectivity index (χ0n) is 13.6. The summed E-state index contributed by atoms with van der Waals surface area (Å²) in [5, 5.41) is 6.82. The van der Waals surface area contributed by atoms with Gasteiger partial charge in [0, 0.05) is 37.3 Å². The van der Waals surface area contributed by atoms with Crippen molar-refractivity contribution in [3.8, 4) is 0 Å². The fourth-order valence-electron chi connectivity index (χ4n) is 2.78. The molecule has 6 nitrogen and oxygen atoms in total. The summed E-state index contributed by atoms with van der Waals surface area (Å²) >= 11 is 0. The third kappa shape index (κ3) is 3.50. The van der Waals surface area contributed by atoms with Crippen molar-refractivity contribution in [3.05, 3.63) is 35.0 Å². The number of hydrogen-bond donors (Lipinski definition) is 1. The molecule has 0 amide bonds. The first-order chi connectivity index (χ1) is 11.3. The van der Waals surface area contributed by atoms with E-state index in [1.165, 1.54) is 11.0 Å². The van der Waals surface area contributed by atoms with Gasteiger partial charge in [-0.15, -0.1) is 0 Å². The highest BCUT2D eigenvalue weighted by Crippen LogP contribution is 2.28. The molecule has 9 heteroatoms. The van der Waals surface area contributed by atoms with Crippen LogP contribution in [0, 0.1) is 6.92 Å². The molecular weight excluding hydrogens is 321 g/mol. The van der Waals surface area contributed by atoms with Gasteiger partial charge in [-0.3, -0.25) is 4.68 Å². The topological polar surface area (TPSA) is 58.9 Å². The van der Waals surface area contributed by atoms with Crippen molar-refractivity contribution < 1.29 is 13.2 Å². The van der Waals surface area contributed by atoms with Gasteiger partial charge in [-0.2, -0.15) is 18.3 Å². The van der Waals surface area contributed by atoms with Crippen LogP contribution in [-0.4, -0.2) is 44.8 Å². The first-order valence-electron chi connectivity index (χ1n) is 7.71. The van der Waals surface area contributed by atoms with E-state index in [4.69, 9.17) is 0 Å². The molecule has 3 heterocycles. The molecule has 0 radical (unpaired) electrons. The number of aryl methyl sites for hydroxylation is 1. The van der Waals surface area contributed by atoms with Crippen LogP contribution in [0.2, 0.25) is 0 Å². The van der Waals surface area contributed by atoms with Crippen LogP contribution in [0.3, 0.4) is 0 Å². The summed E-state index contributed by atoms with van der Waals surface area (Å²) in [5.41, 5.74) is 1.70. The van der Waals surface area contributed by atoms with E-state index in [9.17, 15) is 13.2 Å². The lowest BCUT2D eigenvalue weighted by Crippen LogP contribution is -2.29. The largest absolute Gasteiger partial charge is 0.435 e. The second-order valence-electron chi connectivity index (χ2n) is 5.95. The van der Waals surface area contributed by atoms with E-state index in [1.54, 1.807) is 6.92 Å². The standard InChI is InChI=1S/C15H19F3N6/c1-10-7-13(15(16,17)18)22-24(10)6-4-19-14-11-8-23(2)5-3-12(11)20-9-21-14/h7,9H,3-6,8H2,1-2H3,(H,19,20,21). The maximum Gasteiger partial charge on any atom is 0.435 e. The summed E-state index contributed by atoms with van der Waals surface area (Å²) in [5.74, 6) is 0.743. The van der Waals surface area contributed by atoms with Gasteiger partial charge in [0.05, 0.1) is 12.2 Å². The fourth-order valence-corrected chi connectivity index (χ4v) is 2.78. The Bertz CT molecular complexity index is 724. The number of fused-ring (bicyclic) bond motifs is 1. The van der Waals surface area contributed by atoms with Crippen molar-refractivity contribution in [2.45, 2.75) is 32.6 Å². The number of aromatic nitrogens is 4. The van der Waals surface area contributed by atoms with Gasteiger partial charge in [0.25, 0.3) is 0 Å². The quantitative estimate of drug-likeness (QED) is 0.924. The predicted octanol–water partition coefficient (Wildman–Crippen LogP) is 2.10. The van der Waals surface area contributed by atoms with Crippen LogP contribution >= 0.6 is 0 Å². The monoisotopic (exact) mass is 340 g/mol. The van der Waals surface area contributed by atoms with Gasteiger partial charge in [0.1, 0.15) is 12.1 Å². The Hall–Kier alpha value is -2.16. The average Bonchev–Trinajstić information content (AvgIpc) is 2.89. The van der Waals surface area contributed by atoms with Gasteiger partial charge in [0.15, 0.2) is 5.69 Å². The molecule has 3 rings (SSSR count). The summed E-state index contributed by atoms with van der Waals surface area (Å²) < 4.78 is 39.4. The molecule has 24 heavy (non-hydrogen) atoms. The smallest absolute Gasteiger partial charge is 0.368 e. The van der Waals surface area contributed by atoms with Gasteiger partial charge in [-0.05, 0) is 20.0 Å². The summed E-state index contributed by atoms with van der Waals surface area (Å²) in [6, 6.07) is 1.06. The van der Waals surface area contributed by atoms with E-state index in [2.05, 4.69) is 25.3 Å². The third-order valence-corrected chi connectivity index (χ3v) is 4.08. The number of halogens is 3. The highest BCUT2D eigenvalue weighted by molar-refractivity contribution is 5.46. The SMILES string of the molecule is Cc1cc(C(F)(F)F)nn1CCNc1ncnc2c1CN(C)CC2. The second-order valence-corrected chi connectivity index (χ2v) is 5.95. The molecule has 0 atom stereocenters. The molecule has 0 saturated carbocycles. The Kier molecular flexibility index (Phi) is 4.44. The van der Waals surface area contributed by atoms with Gasteiger partial charge >= 0.3 is 6.18 Å². The molecule has 0 fully saturated rings. The van der Waals surface area contributed by atoms with E-state index in [1.807, 2.05) is 7.05 Å². The molecule has 1 aliphatic rings. The third-order valence-electron chi connectivity index (χ3n) is 4.08. The highest BCUT2D eigenvalue weighted by Gasteiger charge is 2.34. The van der Waals surface area contributed by atoms with E-state index in [0.717, 1.165) is 42.7 Å². The Morgan fingerprint density at radius 3 is 2.79 bits per heavy atom. The zero-order chi connectivity index (χ0) is 17.3. The van der Waals surface area contributed by atoms with Gasteiger partial charge in [0.2, 0.25) is 0 Å². The number of hydrogen-bond acceptors (Lipinski definition) is 5. The Balaban J connectivity index is 1.67. The number of anilines is 1. The van der Waals surface area contributed by atoms with Gasteiger partial charge < -0.3 is 10.2 Å². The minimum atomic E-state index is -4.42. The van der Waals surface area contributed by atoms with E-state index in [-0.39, 0.29) is 0 Å². The Labute approximate surface area is 137 Å². The van der Waals surface area contributed by atoms with Crippen molar-refractivity contribution in [2.24, 2.45) is 0 Å². The number of rotatable bonds is 4. The summed E-state index contributed by atoms with van der Waals surface area (Å²) in [7, 11) is 2.03. The normalized spacial score (nSPS) is 15.4. The molecule has 1 N–H and O–H groups in total. The lowest BCUT2D eigenvalue weighted by molar-refractivity contribution is -0.141. The molecule has 0 bridgehead atoms. The molecule has 130 valence electrons. The Morgan fingerprint density at radius 1 is 1.29 bits per heavy atom. The van der Waals surface area contributed by atoms with E-state index in [0.29, 0.717) is 18.8 Å². The molecule has 2 aromatic rings. The van der Waals surface area contributed by atoms with Crippen LogP contribution in [0.5, 0.6) is 0 Å². The molecule has 2 aromatic heterocycles. The van der Waals surface area contributed by atoms with Crippen molar-refractivity contribution in [2.75, 3.05) is 25.5 Å². The molecule has 0 aromatic carbocycles. The molecule has 0 saturated heterocycles. The molecular formula is C15H19F3N6. The number of nitrogens with one attached hydrogen (secondary N) is 1. The summed E-state index contributed by atoms with van der Waals surface area (Å²) in [6.45, 7) is 4.10. The fraction of sp³-hybridized carbons (Fsp3) is 0.533. The average molecular weight is 340 g/mol. The molecule has 0 unspecified atom stereocenters. The maximum atomic E-state index is 12.7. The summed E-state index contributed by atoms with van der Waals surface area (Å²) in [6.07, 6.45) is -2.02. The van der Waals surface area contributed by atoms with Crippen molar-refractivity contribution in [1.82, 2.24) is 24.6 Å². The number of alkyl halides is 3. The molecule has 0 spiro atoms. The molecule has 0 aliphatic carbocycles. The highest BCUT2D eigenvalue weighted by atomic mass is 19.4. The lowest BCUT2D eigenvalue weighted by atomic mass is 10.1. The van der Waals surface area contributed by atoms with Crippen LogP contribution in [0.25, 0.3) is 0 Å². The van der Waals surface area contributed by atoms with Crippen LogP contribution < -0.4 is 5.32 Å². The van der Waals surface area contributed by atoms with Crippen molar-refractivity contribution >= 4 is 5.82 Å². The van der Waals surface area contributed by atoms with Crippen molar-refractivity contribution in [3.63, 3.8) is 0 Å². The summed E-state index contributed by atoms with van der Waals surface area (Å²) in [4.78, 5) is 10.8. The minimum absolute atomic E-state index is 0.330. The lowest BCUT2D eigenvalue weighted by Gasteiger charge is -2.25. The minimum Gasteiger partial charge on any atom is -0.368 e. The number of nitrogens with zero attached hydrogens (tertiary/aromatic N) is 5.